The molecular weight excluding hydrogens is 292 g/mol. The molecule has 0 aromatic heterocycles. The van der Waals surface area contributed by atoms with Crippen molar-refractivity contribution in [1.29, 1.82) is 0 Å². The molecule has 2 N–H and O–H groups in total. The highest BCUT2D eigenvalue weighted by atomic mass is 35.5. The molecule has 0 radical (unpaired) electrons. The number of hydrogen-bond donors (Lipinski definition) is 2. The molecule has 21 heavy (non-hydrogen) atoms. The molecule has 116 valence electrons. The molecule has 0 bridgehead atoms. The van der Waals surface area contributed by atoms with Gasteiger partial charge in [-0.05, 0) is 31.0 Å². The summed E-state index contributed by atoms with van der Waals surface area (Å²) < 4.78 is 0. The van der Waals surface area contributed by atoms with E-state index < -0.39 is 5.97 Å². The van der Waals surface area contributed by atoms with Crippen molar-refractivity contribution in [2.24, 2.45) is 0 Å². The van der Waals surface area contributed by atoms with Crippen molar-refractivity contribution in [3.63, 3.8) is 0 Å². The molecule has 0 aliphatic heterocycles. The fourth-order valence-electron chi connectivity index (χ4n) is 1.93. The SMILES string of the molecule is CCC(CC(=O)O)NC(=O)N(C)C(C)c1ccc(Cl)cc1. The number of nitrogens with one attached hydrogen (secondary N) is 1. The quantitative estimate of drug-likeness (QED) is 0.846. The van der Waals surface area contributed by atoms with Crippen molar-refractivity contribution in [2.75, 3.05) is 7.05 Å². The number of halogens is 1. The van der Waals surface area contributed by atoms with Crippen molar-refractivity contribution in [3.05, 3.63) is 34.9 Å². The third-order valence-electron chi connectivity index (χ3n) is 3.50. The number of nitrogens with zero attached hydrogens (tertiary/aromatic N) is 1. The predicted octanol–water partition coefficient (Wildman–Crippen LogP) is 3.30. The third-order valence-corrected chi connectivity index (χ3v) is 3.75. The summed E-state index contributed by atoms with van der Waals surface area (Å²) in [5.41, 5.74) is 0.961. The van der Waals surface area contributed by atoms with Crippen molar-refractivity contribution < 1.29 is 14.7 Å². The molecule has 2 atom stereocenters. The van der Waals surface area contributed by atoms with Crippen LogP contribution in [0.25, 0.3) is 0 Å². The first-order valence-corrected chi connectivity index (χ1v) is 7.23. The van der Waals surface area contributed by atoms with Gasteiger partial charge in [0, 0.05) is 18.1 Å². The molecule has 1 rings (SSSR count). The van der Waals surface area contributed by atoms with Crippen LogP contribution in [0.5, 0.6) is 0 Å². The van der Waals surface area contributed by atoms with Crippen molar-refractivity contribution >= 4 is 23.6 Å². The summed E-state index contributed by atoms with van der Waals surface area (Å²) in [6, 6.07) is 6.50. The minimum Gasteiger partial charge on any atom is -0.481 e. The maximum atomic E-state index is 12.2. The Bertz CT molecular complexity index is 490. The van der Waals surface area contributed by atoms with Gasteiger partial charge in [0.25, 0.3) is 0 Å². The molecule has 6 heteroatoms. The smallest absolute Gasteiger partial charge is 0.317 e. The Morgan fingerprint density at radius 3 is 2.38 bits per heavy atom. The number of hydrogen-bond acceptors (Lipinski definition) is 2. The zero-order chi connectivity index (χ0) is 16.0. The first kappa shape index (κ1) is 17.3. The topological polar surface area (TPSA) is 69.6 Å². The molecule has 0 saturated heterocycles. The molecule has 2 amide bonds. The highest BCUT2D eigenvalue weighted by Crippen LogP contribution is 2.21. The van der Waals surface area contributed by atoms with E-state index in [1.54, 1.807) is 24.1 Å². The molecule has 0 spiro atoms. The van der Waals surface area contributed by atoms with Crippen LogP contribution in [-0.4, -0.2) is 35.1 Å². The summed E-state index contributed by atoms with van der Waals surface area (Å²) >= 11 is 5.85. The van der Waals surface area contributed by atoms with Crippen LogP contribution in [0, 0.1) is 0 Å². The zero-order valence-corrected chi connectivity index (χ0v) is 13.2. The van der Waals surface area contributed by atoms with Crippen LogP contribution < -0.4 is 5.32 Å². The molecule has 0 heterocycles. The van der Waals surface area contributed by atoms with E-state index in [2.05, 4.69) is 5.32 Å². The van der Waals surface area contributed by atoms with E-state index in [1.165, 1.54) is 0 Å². The second-order valence-corrected chi connectivity index (χ2v) is 5.43. The fourth-order valence-corrected chi connectivity index (χ4v) is 2.05. The van der Waals surface area contributed by atoms with Gasteiger partial charge in [0.15, 0.2) is 0 Å². The van der Waals surface area contributed by atoms with Gasteiger partial charge in [-0.1, -0.05) is 30.7 Å². The summed E-state index contributed by atoms with van der Waals surface area (Å²) in [6.45, 7) is 3.75. The van der Waals surface area contributed by atoms with E-state index >= 15 is 0 Å². The minimum atomic E-state index is -0.921. The second kappa shape index (κ2) is 7.88. The number of amides is 2. The van der Waals surface area contributed by atoms with Crippen LogP contribution in [0.2, 0.25) is 5.02 Å². The third kappa shape index (κ3) is 5.27. The average Bonchev–Trinajstić information content (AvgIpc) is 2.45. The zero-order valence-electron chi connectivity index (χ0n) is 12.5. The Labute approximate surface area is 129 Å². The Hall–Kier alpha value is -1.75. The lowest BCUT2D eigenvalue weighted by atomic mass is 10.1. The highest BCUT2D eigenvalue weighted by Gasteiger charge is 2.20. The first-order valence-electron chi connectivity index (χ1n) is 6.85. The molecule has 0 saturated carbocycles. The van der Waals surface area contributed by atoms with E-state index in [0.29, 0.717) is 11.4 Å². The molecule has 1 aromatic carbocycles. The summed E-state index contributed by atoms with van der Waals surface area (Å²) in [7, 11) is 1.68. The highest BCUT2D eigenvalue weighted by molar-refractivity contribution is 6.30. The van der Waals surface area contributed by atoms with E-state index in [9.17, 15) is 9.59 Å². The number of aliphatic carboxylic acids is 1. The van der Waals surface area contributed by atoms with Gasteiger partial charge in [-0.15, -0.1) is 0 Å². The van der Waals surface area contributed by atoms with Gasteiger partial charge in [0.05, 0.1) is 12.5 Å². The number of carbonyl (C=O) groups excluding carboxylic acids is 1. The molecule has 0 fully saturated rings. The van der Waals surface area contributed by atoms with Gasteiger partial charge in [0.2, 0.25) is 0 Å². The van der Waals surface area contributed by atoms with Crippen LogP contribution in [0.1, 0.15) is 38.3 Å². The second-order valence-electron chi connectivity index (χ2n) is 4.99. The molecular formula is C15H21ClN2O3. The minimum absolute atomic E-state index is 0.0780. The van der Waals surface area contributed by atoms with E-state index in [4.69, 9.17) is 16.7 Å². The van der Waals surface area contributed by atoms with Crippen molar-refractivity contribution in [3.8, 4) is 0 Å². The summed E-state index contributed by atoms with van der Waals surface area (Å²) in [5, 5.41) is 12.2. The monoisotopic (exact) mass is 312 g/mol. The van der Waals surface area contributed by atoms with Gasteiger partial charge in [-0.3, -0.25) is 4.79 Å². The van der Waals surface area contributed by atoms with Crippen LogP contribution >= 0.6 is 11.6 Å². The molecule has 0 aliphatic carbocycles. The number of urea groups is 1. The van der Waals surface area contributed by atoms with Gasteiger partial charge >= 0.3 is 12.0 Å². The molecule has 2 unspecified atom stereocenters. The van der Waals surface area contributed by atoms with Gasteiger partial charge in [-0.25, -0.2) is 4.79 Å². The van der Waals surface area contributed by atoms with Crippen LogP contribution in [0.3, 0.4) is 0 Å². The number of rotatable bonds is 6. The van der Waals surface area contributed by atoms with E-state index in [-0.39, 0.29) is 24.5 Å². The number of carbonyl (C=O) groups is 2. The van der Waals surface area contributed by atoms with Crippen molar-refractivity contribution in [1.82, 2.24) is 10.2 Å². The van der Waals surface area contributed by atoms with Crippen LogP contribution in [0.15, 0.2) is 24.3 Å². The Kier molecular flexibility index (Phi) is 6.49. The Morgan fingerprint density at radius 2 is 1.90 bits per heavy atom. The standard InChI is InChI=1S/C15H21ClN2O3/c1-4-13(9-14(19)20)17-15(21)18(3)10(2)11-5-7-12(16)8-6-11/h5-8,10,13H,4,9H2,1-3H3,(H,17,21)(H,19,20). The average molecular weight is 313 g/mol. The molecule has 0 aliphatic rings. The number of carboxylic acids is 1. The number of benzene rings is 1. The fraction of sp³-hybridized carbons (Fsp3) is 0.467. The largest absolute Gasteiger partial charge is 0.481 e. The van der Waals surface area contributed by atoms with Crippen LogP contribution in [-0.2, 0) is 4.79 Å². The Balaban J connectivity index is 2.68. The lowest BCUT2D eigenvalue weighted by Gasteiger charge is -2.27. The predicted molar refractivity (Wildman–Crippen MR) is 82.5 cm³/mol. The van der Waals surface area contributed by atoms with E-state index in [1.807, 2.05) is 26.0 Å². The van der Waals surface area contributed by atoms with Gasteiger partial charge in [0.1, 0.15) is 0 Å². The summed E-state index contributed by atoms with van der Waals surface area (Å²) in [4.78, 5) is 24.5. The number of carboxylic acid groups (broad SMARTS) is 1. The van der Waals surface area contributed by atoms with E-state index in [0.717, 1.165) is 5.56 Å². The summed E-state index contributed by atoms with van der Waals surface area (Å²) in [6.07, 6.45) is 0.493. The normalized spacial score (nSPS) is 13.3. The molecule has 1 aromatic rings. The van der Waals surface area contributed by atoms with Crippen LogP contribution in [0.4, 0.5) is 4.79 Å². The van der Waals surface area contributed by atoms with Crippen molar-refractivity contribution in [2.45, 2.75) is 38.8 Å². The van der Waals surface area contributed by atoms with Gasteiger partial charge < -0.3 is 15.3 Å². The van der Waals surface area contributed by atoms with Gasteiger partial charge in [-0.2, -0.15) is 0 Å². The lowest BCUT2D eigenvalue weighted by molar-refractivity contribution is -0.137. The lowest BCUT2D eigenvalue weighted by Crippen LogP contribution is -2.44. The summed E-state index contributed by atoms with van der Waals surface area (Å²) in [5.74, 6) is -0.921. The maximum absolute atomic E-state index is 12.2. The first-order chi connectivity index (χ1) is 9.85. The molecule has 5 nitrogen and oxygen atoms in total. The Morgan fingerprint density at radius 1 is 1.33 bits per heavy atom. The maximum Gasteiger partial charge on any atom is 0.317 e.